The Morgan fingerprint density at radius 3 is 2.76 bits per heavy atom. The topological polar surface area (TPSA) is 71.7 Å². The molecular formula is C16H18NO4. The summed E-state index contributed by atoms with van der Waals surface area (Å²) in [6.07, 6.45) is 0.624. The van der Waals surface area contributed by atoms with E-state index in [2.05, 4.69) is 11.4 Å². The number of furan rings is 1. The molecule has 2 rings (SSSR count). The average Bonchev–Trinajstić information content (AvgIpc) is 2.98. The van der Waals surface area contributed by atoms with Gasteiger partial charge in [0.15, 0.2) is 5.76 Å². The summed E-state index contributed by atoms with van der Waals surface area (Å²) < 4.78 is 10.6. The molecule has 1 amide bonds. The number of nitrogens with one attached hydrogen (secondary N) is 1. The molecule has 1 aromatic carbocycles. The molecule has 0 saturated carbocycles. The molecule has 1 unspecified atom stereocenters. The Labute approximate surface area is 123 Å². The van der Waals surface area contributed by atoms with E-state index >= 15 is 0 Å². The standard InChI is InChI=1S/C16H18NO4/c1-11-5-3-6-12(2)15(11)21-10-13(18)9-17-16(19)14-7-4-8-20-14/h4-8,13,18H,9-10H2,1-2H3,(H,17,19). The second kappa shape index (κ2) is 6.95. The van der Waals surface area contributed by atoms with Crippen molar-refractivity contribution in [2.75, 3.05) is 13.2 Å². The average molecular weight is 288 g/mol. The van der Waals surface area contributed by atoms with Crippen molar-refractivity contribution in [2.24, 2.45) is 0 Å². The molecule has 2 N–H and O–H groups in total. The Morgan fingerprint density at radius 1 is 1.43 bits per heavy atom. The van der Waals surface area contributed by atoms with Gasteiger partial charge in [0.05, 0.1) is 6.26 Å². The molecule has 0 aliphatic rings. The molecule has 21 heavy (non-hydrogen) atoms. The predicted octanol–water partition coefficient (Wildman–Crippen LogP) is 1.87. The quantitative estimate of drug-likeness (QED) is 0.851. The Morgan fingerprint density at radius 2 is 2.14 bits per heavy atom. The molecule has 0 aliphatic carbocycles. The molecule has 0 spiro atoms. The number of aryl methyl sites for hydroxylation is 2. The van der Waals surface area contributed by atoms with E-state index in [1.54, 1.807) is 12.1 Å². The first-order valence-electron chi connectivity index (χ1n) is 6.68. The summed E-state index contributed by atoms with van der Waals surface area (Å²) in [4.78, 5) is 11.6. The zero-order chi connectivity index (χ0) is 15.2. The van der Waals surface area contributed by atoms with Gasteiger partial charge in [0.25, 0.3) is 5.91 Å². The maximum atomic E-state index is 11.6. The molecule has 5 heteroatoms. The molecule has 1 aromatic heterocycles. The molecule has 1 radical (unpaired) electrons. The lowest BCUT2D eigenvalue weighted by molar-refractivity contribution is 0.0820. The summed E-state index contributed by atoms with van der Waals surface area (Å²) in [7, 11) is 0. The highest BCUT2D eigenvalue weighted by Gasteiger charge is 2.12. The van der Waals surface area contributed by atoms with Crippen molar-refractivity contribution >= 4 is 5.91 Å². The number of ether oxygens (including phenoxy) is 1. The van der Waals surface area contributed by atoms with Crippen LogP contribution in [-0.2, 0) is 0 Å². The van der Waals surface area contributed by atoms with Gasteiger partial charge in [-0.3, -0.25) is 4.79 Å². The van der Waals surface area contributed by atoms with Crippen LogP contribution >= 0.6 is 0 Å². The molecule has 0 fully saturated rings. The third-order valence-corrected chi connectivity index (χ3v) is 2.98. The molecule has 1 heterocycles. The van der Waals surface area contributed by atoms with Crippen molar-refractivity contribution in [1.29, 1.82) is 0 Å². The van der Waals surface area contributed by atoms with Gasteiger partial charge in [-0.1, -0.05) is 0 Å². The summed E-state index contributed by atoms with van der Waals surface area (Å²) in [6.45, 7) is 4.04. The normalized spacial score (nSPS) is 12.0. The fourth-order valence-electron chi connectivity index (χ4n) is 1.91. The first-order chi connectivity index (χ1) is 10.1. The minimum absolute atomic E-state index is 0.0938. The number of hydrogen-bond donors (Lipinski definition) is 2. The number of carbonyl (C=O) groups is 1. The summed E-state index contributed by atoms with van der Waals surface area (Å²) >= 11 is 0. The van der Waals surface area contributed by atoms with Gasteiger partial charge in [-0.25, -0.2) is 0 Å². The van der Waals surface area contributed by atoms with Crippen LogP contribution in [0.2, 0.25) is 0 Å². The zero-order valence-electron chi connectivity index (χ0n) is 12.1. The van der Waals surface area contributed by atoms with Crippen LogP contribution in [0, 0.1) is 19.9 Å². The van der Waals surface area contributed by atoms with Crippen molar-refractivity contribution < 1.29 is 19.1 Å². The van der Waals surface area contributed by atoms with Crippen LogP contribution in [0.5, 0.6) is 5.75 Å². The number of hydrogen-bond acceptors (Lipinski definition) is 4. The highest BCUT2D eigenvalue weighted by atomic mass is 16.5. The first kappa shape index (κ1) is 15.1. The molecule has 0 aliphatic heterocycles. The zero-order valence-corrected chi connectivity index (χ0v) is 12.1. The second-order valence-corrected chi connectivity index (χ2v) is 4.80. The van der Waals surface area contributed by atoms with Crippen LogP contribution in [0.4, 0.5) is 0 Å². The van der Waals surface area contributed by atoms with Gasteiger partial charge in [0.1, 0.15) is 18.5 Å². The number of aliphatic hydroxyl groups excluding tert-OH is 1. The molecule has 2 aromatic rings. The third kappa shape index (κ3) is 4.10. The predicted molar refractivity (Wildman–Crippen MR) is 77.3 cm³/mol. The SMILES string of the molecule is Cc1c[c]cc(C)c1OCC(O)CNC(=O)c1ccco1. The minimum atomic E-state index is -0.799. The number of benzene rings is 1. The van der Waals surface area contributed by atoms with E-state index in [1.165, 1.54) is 6.26 Å². The summed E-state index contributed by atoms with van der Waals surface area (Å²) in [6, 6.07) is 9.85. The van der Waals surface area contributed by atoms with Crippen LogP contribution in [0.3, 0.4) is 0 Å². The fourth-order valence-corrected chi connectivity index (χ4v) is 1.91. The molecule has 5 nitrogen and oxygen atoms in total. The lowest BCUT2D eigenvalue weighted by Gasteiger charge is -2.15. The number of aliphatic hydroxyl groups is 1. The molecule has 1 atom stereocenters. The smallest absolute Gasteiger partial charge is 0.287 e. The number of carbonyl (C=O) groups excluding carboxylic acids is 1. The van der Waals surface area contributed by atoms with Crippen LogP contribution in [-0.4, -0.2) is 30.3 Å². The van der Waals surface area contributed by atoms with E-state index in [9.17, 15) is 9.90 Å². The van der Waals surface area contributed by atoms with Crippen molar-refractivity contribution in [3.05, 3.63) is 53.5 Å². The van der Waals surface area contributed by atoms with E-state index < -0.39 is 6.10 Å². The van der Waals surface area contributed by atoms with Gasteiger partial charge >= 0.3 is 0 Å². The van der Waals surface area contributed by atoms with Gasteiger partial charge in [-0.15, -0.1) is 0 Å². The number of amides is 1. The van der Waals surface area contributed by atoms with Crippen molar-refractivity contribution in [3.63, 3.8) is 0 Å². The highest BCUT2D eigenvalue weighted by Crippen LogP contribution is 2.21. The molecule has 0 saturated heterocycles. The van der Waals surface area contributed by atoms with Gasteiger partial charge < -0.3 is 19.6 Å². The Kier molecular flexibility index (Phi) is 5.00. The summed E-state index contributed by atoms with van der Waals surface area (Å²) in [5.74, 6) is 0.597. The van der Waals surface area contributed by atoms with E-state index in [1.807, 2.05) is 26.0 Å². The van der Waals surface area contributed by atoms with E-state index in [4.69, 9.17) is 9.15 Å². The lowest BCUT2D eigenvalue weighted by atomic mass is 10.1. The largest absolute Gasteiger partial charge is 0.490 e. The van der Waals surface area contributed by atoms with Crippen LogP contribution < -0.4 is 10.1 Å². The van der Waals surface area contributed by atoms with Crippen molar-refractivity contribution in [1.82, 2.24) is 5.32 Å². The molecule has 0 bridgehead atoms. The Balaban J connectivity index is 1.80. The van der Waals surface area contributed by atoms with E-state index in [-0.39, 0.29) is 24.8 Å². The Bertz CT molecular complexity index is 572. The monoisotopic (exact) mass is 288 g/mol. The van der Waals surface area contributed by atoms with E-state index in [0.717, 1.165) is 16.9 Å². The first-order valence-corrected chi connectivity index (χ1v) is 6.68. The number of rotatable bonds is 6. The van der Waals surface area contributed by atoms with E-state index in [0.29, 0.717) is 0 Å². The van der Waals surface area contributed by atoms with Crippen LogP contribution in [0.15, 0.2) is 34.9 Å². The van der Waals surface area contributed by atoms with Crippen molar-refractivity contribution in [2.45, 2.75) is 20.0 Å². The lowest BCUT2D eigenvalue weighted by Crippen LogP contribution is -2.35. The highest BCUT2D eigenvalue weighted by molar-refractivity contribution is 5.91. The van der Waals surface area contributed by atoms with Crippen LogP contribution in [0.25, 0.3) is 0 Å². The molecular weight excluding hydrogens is 270 g/mol. The maximum absolute atomic E-state index is 11.6. The summed E-state index contributed by atoms with van der Waals surface area (Å²) in [5.41, 5.74) is 1.92. The van der Waals surface area contributed by atoms with Gasteiger partial charge in [0, 0.05) is 6.54 Å². The second-order valence-electron chi connectivity index (χ2n) is 4.80. The fraction of sp³-hybridized carbons (Fsp3) is 0.312. The maximum Gasteiger partial charge on any atom is 0.287 e. The van der Waals surface area contributed by atoms with Gasteiger partial charge in [-0.05, 0) is 55.3 Å². The summed E-state index contributed by atoms with van der Waals surface area (Å²) in [5, 5.41) is 12.4. The Hall–Kier alpha value is -2.27. The van der Waals surface area contributed by atoms with Crippen LogP contribution in [0.1, 0.15) is 21.7 Å². The van der Waals surface area contributed by atoms with Gasteiger partial charge in [-0.2, -0.15) is 0 Å². The third-order valence-electron chi connectivity index (χ3n) is 2.98. The molecule has 111 valence electrons. The minimum Gasteiger partial charge on any atom is -0.490 e. The van der Waals surface area contributed by atoms with Crippen molar-refractivity contribution in [3.8, 4) is 5.75 Å². The van der Waals surface area contributed by atoms with Gasteiger partial charge in [0.2, 0.25) is 0 Å².